The average Bonchev–Trinajstić information content (AvgIpc) is 2.25. The fraction of sp³-hybridized carbons (Fsp3) is 0.250. The van der Waals surface area contributed by atoms with Crippen LogP contribution >= 0.6 is 7.80 Å². The first-order valence-corrected chi connectivity index (χ1v) is 7.58. The molecule has 0 aliphatic rings. The van der Waals surface area contributed by atoms with Crippen molar-refractivity contribution in [2.75, 3.05) is 0 Å². The summed E-state index contributed by atoms with van der Waals surface area (Å²) in [5, 5.41) is 2.51. The van der Waals surface area contributed by atoms with E-state index in [4.69, 9.17) is 7.57 Å². The summed E-state index contributed by atoms with van der Waals surface area (Å²) in [6, 6.07) is 13.2. The molecule has 0 nitrogen and oxygen atoms in total. The molecular formula is C16H18BP. The van der Waals surface area contributed by atoms with Gasteiger partial charge in [0.2, 0.25) is 0 Å². The van der Waals surface area contributed by atoms with E-state index in [-0.39, 0.29) is 0 Å². The molecule has 18 heavy (non-hydrogen) atoms. The standard InChI is InChI=1S/C16H18BP/c1-11-5-12(2)8-15(7-11)18(17)16-9-13(3)6-14(4)10-16/h5-10H,1-4H3. The highest BCUT2D eigenvalue weighted by Gasteiger charge is 2.09. The Morgan fingerprint density at radius 3 is 1.17 bits per heavy atom. The van der Waals surface area contributed by atoms with Crippen molar-refractivity contribution in [3.63, 3.8) is 0 Å². The van der Waals surface area contributed by atoms with Gasteiger partial charge in [-0.15, -0.1) is 0 Å². The van der Waals surface area contributed by atoms with Crippen molar-refractivity contribution in [1.29, 1.82) is 0 Å². The lowest BCUT2D eigenvalue weighted by Gasteiger charge is -2.17. The van der Waals surface area contributed by atoms with Crippen LogP contribution in [0.5, 0.6) is 0 Å². The highest BCUT2D eigenvalue weighted by Crippen LogP contribution is 2.29. The first-order chi connectivity index (χ1) is 8.45. The average molecular weight is 252 g/mol. The summed E-state index contributed by atoms with van der Waals surface area (Å²) < 4.78 is 0. The van der Waals surface area contributed by atoms with Crippen LogP contribution in [-0.4, -0.2) is 7.57 Å². The van der Waals surface area contributed by atoms with Gasteiger partial charge in [-0.05, 0) is 38.3 Å². The summed E-state index contributed by atoms with van der Waals surface area (Å²) >= 11 is 0. The Morgan fingerprint density at radius 2 is 0.889 bits per heavy atom. The van der Waals surface area contributed by atoms with Crippen molar-refractivity contribution in [2.45, 2.75) is 27.7 Å². The molecule has 2 heteroatoms. The molecule has 0 saturated carbocycles. The Labute approximate surface area is 113 Å². The third-order valence-electron chi connectivity index (χ3n) is 2.97. The summed E-state index contributed by atoms with van der Waals surface area (Å²) in [7, 11) is 5.72. The summed E-state index contributed by atoms with van der Waals surface area (Å²) in [6.45, 7) is 8.50. The monoisotopic (exact) mass is 252 g/mol. The van der Waals surface area contributed by atoms with Crippen LogP contribution in [0.3, 0.4) is 0 Å². The number of aryl methyl sites for hydroxylation is 4. The maximum Gasteiger partial charge on any atom is 0.121 e. The van der Waals surface area contributed by atoms with Crippen molar-refractivity contribution >= 4 is 26.0 Å². The van der Waals surface area contributed by atoms with E-state index in [0.717, 1.165) is 0 Å². The minimum atomic E-state index is -0.736. The van der Waals surface area contributed by atoms with Gasteiger partial charge in [-0.25, -0.2) is 0 Å². The van der Waals surface area contributed by atoms with Gasteiger partial charge in [-0.3, -0.25) is 0 Å². The van der Waals surface area contributed by atoms with E-state index in [1.807, 2.05) is 0 Å². The van der Waals surface area contributed by atoms with E-state index >= 15 is 0 Å². The lowest BCUT2D eigenvalue weighted by atomic mass is 10.2. The fourth-order valence-electron chi connectivity index (χ4n) is 2.33. The first-order valence-electron chi connectivity index (χ1n) is 6.17. The van der Waals surface area contributed by atoms with Gasteiger partial charge in [-0.1, -0.05) is 66.5 Å². The summed E-state index contributed by atoms with van der Waals surface area (Å²) in [6.07, 6.45) is 0. The predicted octanol–water partition coefficient (Wildman–Crippen LogP) is 3.44. The van der Waals surface area contributed by atoms with Crippen LogP contribution in [0.4, 0.5) is 0 Å². The van der Waals surface area contributed by atoms with E-state index < -0.39 is 7.80 Å². The molecule has 0 N–H and O–H groups in total. The molecule has 0 spiro atoms. The minimum absolute atomic E-state index is 0.736. The smallest absolute Gasteiger partial charge is 0.0960 e. The fourth-order valence-corrected chi connectivity index (χ4v) is 4.00. The van der Waals surface area contributed by atoms with Crippen molar-refractivity contribution in [3.8, 4) is 0 Å². The lowest BCUT2D eigenvalue weighted by Crippen LogP contribution is -2.13. The summed E-state index contributed by atoms with van der Waals surface area (Å²) in [4.78, 5) is 0. The Kier molecular flexibility index (Phi) is 3.92. The zero-order valence-electron chi connectivity index (χ0n) is 11.5. The Bertz CT molecular complexity index is 483. The van der Waals surface area contributed by atoms with Crippen LogP contribution in [0.2, 0.25) is 0 Å². The maximum atomic E-state index is 6.46. The van der Waals surface area contributed by atoms with Crippen LogP contribution < -0.4 is 10.6 Å². The van der Waals surface area contributed by atoms with E-state index in [1.54, 1.807) is 0 Å². The molecule has 0 saturated heterocycles. The number of hydrogen-bond donors (Lipinski definition) is 0. The summed E-state index contributed by atoms with van der Waals surface area (Å²) in [5.74, 6) is 0. The predicted molar refractivity (Wildman–Crippen MR) is 83.8 cm³/mol. The van der Waals surface area contributed by atoms with Gasteiger partial charge in [0.1, 0.15) is 7.57 Å². The molecule has 2 aromatic carbocycles. The molecular weight excluding hydrogens is 234 g/mol. The second kappa shape index (κ2) is 5.28. The summed E-state index contributed by atoms with van der Waals surface area (Å²) in [5.41, 5.74) is 5.14. The zero-order chi connectivity index (χ0) is 13.3. The molecule has 0 unspecified atom stereocenters. The van der Waals surface area contributed by atoms with E-state index in [2.05, 4.69) is 64.1 Å². The molecule has 0 bridgehead atoms. The van der Waals surface area contributed by atoms with Crippen LogP contribution in [0.25, 0.3) is 0 Å². The number of hydrogen-bond acceptors (Lipinski definition) is 0. The molecule has 0 amide bonds. The Morgan fingerprint density at radius 1 is 0.611 bits per heavy atom. The molecule has 2 aromatic rings. The molecule has 0 aliphatic carbocycles. The second-order valence-electron chi connectivity index (χ2n) is 5.06. The topological polar surface area (TPSA) is 0 Å². The quantitative estimate of drug-likeness (QED) is 0.567. The van der Waals surface area contributed by atoms with E-state index in [9.17, 15) is 0 Å². The highest BCUT2D eigenvalue weighted by molar-refractivity contribution is 7.94. The van der Waals surface area contributed by atoms with Crippen molar-refractivity contribution in [1.82, 2.24) is 0 Å². The van der Waals surface area contributed by atoms with E-state index in [1.165, 1.54) is 32.9 Å². The highest BCUT2D eigenvalue weighted by atomic mass is 31.1. The van der Waals surface area contributed by atoms with Gasteiger partial charge in [0, 0.05) is 0 Å². The van der Waals surface area contributed by atoms with Crippen molar-refractivity contribution < 1.29 is 0 Å². The Balaban J connectivity index is 2.43. The third kappa shape index (κ3) is 3.03. The maximum absolute atomic E-state index is 6.46. The first kappa shape index (κ1) is 13.4. The van der Waals surface area contributed by atoms with Crippen LogP contribution in [0.15, 0.2) is 36.4 Å². The minimum Gasteiger partial charge on any atom is -0.0960 e. The molecule has 0 heterocycles. The molecule has 0 fully saturated rings. The molecule has 90 valence electrons. The molecule has 0 aromatic heterocycles. The normalized spacial score (nSPS) is 10.9. The van der Waals surface area contributed by atoms with Crippen LogP contribution in [0.1, 0.15) is 22.3 Å². The van der Waals surface area contributed by atoms with Gasteiger partial charge in [0.15, 0.2) is 0 Å². The molecule has 2 radical (unpaired) electrons. The SMILES string of the molecule is [B]P(c1cc(C)cc(C)c1)c1cc(C)cc(C)c1. The molecule has 0 aliphatic heterocycles. The number of benzene rings is 2. The van der Waals surface area contributed by atoms with Crippen molar-refractivity contribution in [3.05, 3.63) is 58.7 Å². The van der Waals surface area contributed by atoms with Gasteiger partial charge in [0.25, 0.3) is 0 Å². The van der Waals surface area contributed by atoms with Crippen molar-refractivity contribution in [2.24, 2.45) is 0 Å². The molecule has 2 rings (SSSR count). The zero-order valence-corrected chi connectivity index (χ0v) is 12.4. The second-order valence-corrected chi connectivity index (χ2v) is 6.83. The van der Waals surface area contributed by atoms with Gasteiger partial charge >= 0.3 is 0 Å². The van der Waals surface area contributed by atoms with Gasteiger partial charge in [-0.2, -0.15) is 0 Å². The Hall–Kier alpha value is -1.07. The largest absolute Gasteiger partial charge is 0.121 e. The van der Waals surface area contributed by atoms with Gasteiger partial charge < -0.3 is 0 Å². The molecule has 0 atom stereocenters. The third-order valence-corrected chi connectivity index (χ3v) is 4.60. The van der Waals surface area contributed by atoms with Crippen LogP contribution in [-0.2, 0) is 0 Å². The lowest BCUT2D eigenvalue weighted by molar-refractivity contribution is 1.40. The van der Waals surface area contributed by atoms with Crippen LogP contribution in [0, 0.1) is 27.7 Å². The van der Waals surface area contributed by atoms with E-state index in [0.29, 0.717) is 0 Å². The van der Waals surface area contributed by atoms with Gasteiger partial charge in [0.05, 0.1) is 0 Å². The number of rotatable bonds is 2.